The minimum atomic E-state index is -0.234. The molecule has 2 fully saturated rings. The van der Waals surface area contributed by atoms with Crippen molar-refractivity contribution in [3.8, 4) is 0 Å². The standard InChI is InChI=1S/C15H29NO2/c1-4-18-14-10-13(16(3)11-12(2)17)15(14)8-6-5-7-9-15/h12-14,17H,4-11H2,1-3H3/t12-,13-,14-/m1/s1. The first-order chi connectivity index (χ1) is 8.60. The molecule has 2 aliphatic rings. The van der Waals surface area contributed by atoms with E-state index in [-0.39, 0.29) is 6.10 Å². The van der Waals surface area contributed by atoms with Gasteiger partial charge in [0.1, 0.15) is 0 Å². The number of aliphatic hydroxyl groups is 1. The lowest BCUT2D eigenvalue weighted by Crippen LogP contribution is -2.65. The summed E-state index contributed by atoms with van der Waals surface area (Å²) in [4.78, 5) is 2.37. The number of ether oxygens (including phenoxy) is 1. The molecular formula is C15H29NO2. The number of hydrogen-bond donors (Lipinski definition) is 1. The van der Waals surface area contributed by atoms with E-state index in [2.05, 4.69) is 18.9 Å². The molecular weight excluding hydrogens is 226 g/mol. The highest BCUT2D eigenvalue weighted by Crippen LogP contribution is 2.55. The molecule has 106 valence electrons. The van der Waals surface area contributed by atoms with E-state index in [0.717, 1.165) is 19.6 Å². The molecule has 0 aliphatic heterocycles. The molecule has 1 spiro atoms. The Labute approximate surface area is 112 Å². The van der Waals surface area contributed by atoms with Gasteiger partial charge in [0.05, 0.1) is 12.2 Å². The lowest BCUT2D eigenvalue weighted by molar-refractivity contribution is -0.181. The van der Waals surface area contributed by atoms with Gasteiger partial charge < -0.3 is 14.7 Å². The van der Waals surface area contributed by atoms with Crippen LogP contribution >= 0.6 is 0 Å². The highest BCUT2D eigenvalue weighted by molar-refractivity contribution is 5.09. The number of aliphatic hydroxyl groups excluding tert-OH is 1. The monoisotopic (exact) mass is 255 g/mol. The zero-order valence-corrected chi connectivity index (χ0v) is 12.2. The van der Waals surface area contributed by atoms with Gasteiger partial charge >= 0.3 is 0 Å². The Morgan fingerprint density at radius 1 is 1.33 bits per heavy atom. The highest BCUT2D eigenvalue weighted by atomic mass is 16.5. The van der Waals surface area contributed by atoms with Crippen LogP contribution in [-0.2, 0) is 4.74 Å². The number of nitrogens with zero attached hydrogens (tertiary/aromatic N) is 1. The number of likely N-dealkylation sites (N-methyl/N-ethyl adjacent to an activating group) is 1. The summed E-state index contributed by atoms with van der Waals surface area (Å²) in [6.45, 7) is 5.59. The van der Waals surface area contributed by atoms with Crippen molar-refractivity contribution in [1.29, 1.82) is 0 Å². The summed E-state index contributed by atoms with van der Waals surface area (Å²) in [5, 5.41) is 9.57. The Balaban J connectivity index is 2.02. The molecule has 3 atom stereocenters. The molecule has 0 amide bonds. The third-order valence-corrected chi connectivity index (χ3v) is 4.98. The first-order valence-corrected chi connectivity index (χ1v) is 7.60. The maximum absolute atomic E-state index is 9.57. The third-order valence-electron chi connectivity index (χ3n) is 4.98. The Kier molecular flexibility index (Phi) is 4.68. The zero-order chi connectivity index (χ0) is 13.2. The van der Waals surface area contributed by atoms with Crippen LogP contribution in [0.15, 0.2) is 0 Å². The second-order valence-electron chi connectivity index (χ2n) is 6.28. The molecule has 2 aliphatic carbocycles. The van der Waals surface area contributed by atoms with Crippen LogP contribution in [-0.4, -0.2) is 48.5 Å². The van der Waals surface area contributed by atoms with Crippen LogP contribution in [0.2, 0.25) is 0 Å². The molecule has 0 saturated heterocycles. The largest absolute Gasteiger partial charge is 0.392 e. The van der Waals surface area contributed by atoms with E-state index in [1.807, 2.05) is 6.92 Å². The van der Waals surface area contributed by atoms with Gasteiger partial charge in [-0.2, -0.15) is 0 Å². The SMILES string of the molecule is CCO[C@@H]1C[C@@H](N(C)C[C@@H](C)O)C12CCCCC2. The normalized spacial score (nSPS) is 32.5. The van der Waals surface area contributed by atoms with Gasteiger partial charge in [0.2, 0.25) is 0 Å². The summed E-state index contributed by atoms with van der Waals surface area (Å²) < 4.78 is 5.97. The molecule has 1 N–H and O–H groups in total. The quantitative estimate of drug-likeness (QED) is 0.819. The average molecular weight is 255 g/mol. The molecule has 0 radical (unpaired) electrons. The predicted molar refractivity (Wildman–Crippen MR) is 73.6 cm³/mol. The summed E-state index contributed by atoms with van der Waals surface area (Å²) in [6.07, 6.45) is 8.08. The van der Waals surface area contributed by atoms with Gasteiger partial charge in [0.25, 0.3) is 0 Å². The van der Waals surface area contributed by atoms with Crippen LogP contribution in [0.25, 0.3) is 0 Å². The van der Waals surface area contributed by atoms with E-state index >= 15 is 0 Å². The third kappa shape index (κ3) is 2.59. The Morgan fingerprint density at radius 3 is 2.56 bits per heavy atom. The van der Waals surface area contributed by atoms with Crippen LogP contribution in [0.3, 0.4) is 0 Å². The fourth-order valence-corrected chi connectivity index (χ4v) is 4.19. The van der Waals surface area contributed by atoms with Crippen molar-refractivity contribution in [2.45, 2.75) is 70.6 Å². The second kappa shape index (κ2) is 5.89. The van der Waals surface area contributed by atoms with E-state index in [4.69, 9.17) is 4.74 Å². The van der Waals surface area contributed by atoms with Crippen molar-refractivity contribution >= 4 is 0 Å². The van der Waals surface area contributed by atoms with Gasteiger partial charge in [-0.3, -0.25) is 0 Å². The average Bonchev–Trinajstić information content (AvgIpc) is 2.34. The molecule has 0 bridgehead atoms. The molecule has 18 heavy (non-hydrogen) atoms. The minimum Gasteiger partial charge on any atom is -0.392 e. The van der Waals surface area contributed by atoms with Gasteiger partial charge in [-0.25, -0.2) is 0 Å². The molecule has 2 rings (SSSR count). The van der Waals surface area contributed by atoms with E-state index in [1.54, 1.807) is 0 Å². The lowest BCUT2D eigenvalue weighted by atomic mass is 9.54. The Bertz CT molecular complexity index is 261. The zero-order valence-electron chi connectivity index (χ0n) is 12.2. The lowest BCUT2D eigenvalue weighted by Gasteiger charge is -2.60. The van der Waals surface area contributed by atoms with Gasteiger partial charge in [-0.05, 0) is 40.2 Å². The van der Waals surface area contributed by atoms with Crippen LogP contribution in [0.1, 0.15) is 52.4 Å². The highest BCUT2D eigenvalue weighted by Gasteiger charge is 2.56. The fraction of sp³-hybridized carbons (Fsp3) is 1.00. The summed E-state index contributed by atoms with van der Waals surface area (Å²) >= 11 is 0. The van der Waals surface area contributed by atoms with Crippen LogP contribution in [0, 0.1) is 5.41 Å². The number of hydrogen-bond acceptors (Lipinski definition) is 3. The minimum absolute atomic E-state index is 0.234. The van der Waals surface area contributed by atoms with E-state index < -0.39 is 0 Å². The summed E-state index contributed by atoms with van der Waals surface area (Å²) in [5.74, 6) is 0. The smallest absolute Gasteiger partial charge is 0.0661 e. The van der Waals surface area contributed by atoms with Gasteiger partial charge in [0, 0.05) is 24.6 Å². The van der Waals surface area contributed by atoms with Crippen molar-refractivity contribution in [1.82, 2.24) is 4.90 Å². The first-order valence-electron chi connectivity index (χ1n) is 7.60. The maximum atomic E-state index is 9.57. The van der Waals surface area contributed by atoms with Crippen molar-refractivity contribution in [3.63, 3.8) is 0 Å². The topological polar surface area (TPSA) is 32.7 Å². The van der Waals surface area contributed by atoms with E-state index in [0.29, 0.717) is 17.6 Å². The number of rotatable bonds is 5. The maximum Gasteiger partial charge on any atom is 0.0661 e. The molecule has 3 nitrogen and oxygen atoms in total. The summed E-state index contributed by atoms with van der Waals surface area (Å²) in [6, 6.07) is 0.615. The van der Waals surface area contributed by atoms with Crippen molar-refractivity contribution < 1.29 is 9.84 Å². The van der Waals surface area contributed by atoms with Gasteiger partial charge in [0.15, 0.2) is 0 Å². The summed E-state index contributed by atoms with van der Waals surface area (Å²) in [5.41, 5.74) is 0.387. The van der Waals surface area contributed by atoms with Crippen molar-refractivity contribution in [3.05, 3.63) is 0 Å². The summed E-state index contributed by atoms with van der Waals surface area (Å²) in [7, 11) is 2.16. The Hall–Kier alpha value is -0.120. The predicted octanol–water partition coefficient (Wildman–Crippen LogP) is 2.43. The molecule has 0 aromatic heterocycles. The molecule has 0 aromatic carbocycles. The van der Waals surface area contributed by atoms with Crippen LogP contribution in [0.5, 0.6) is 0 Å². The van der Waals surface area contributed by atoms with E-state index in [1.165, 1.54) is 32.1 Å². The molecule has 0 unspecified atom stereocenters. The van der Waals surface area contributed by atoms with Crippen molar-refractivity contribution in [2.75, 3.05) is 20.2 Å². The molecule has 0 aromatic rings. The van der Waals surface area contributed by atoms with Crippen molar-refractivity contribution in [2.24, 2.45) is 5.41 Å². The van der Waals surface area contributed by atoms with Crippen LogP contribution in [0.4, 0.5) is 0 Å². The van der Waals surface area contributed by atoms with Gasteiger partial charge in [-0.15, -0.1) is 0 Å². The Morgan fingerprint density at radius 2 is 2.00 bits per heavy atom. The molecule has 0 heterocycles. The second-order valence-corrected chi connectivity index (χ2v) is 6.28. The fourth-order valence-electron chi connectivity index (χ4n) is 4.19. The van der Waals surface area contributed by atoms with Crippen LogP contribution < -0.4 is 0 Å². The molecule has 2 saturated carbocycles. The first kappa shape index (κ1) is 14.3. The van der Waals surface area contributed by atoms with E-state index in [9.17, 15) is 5.11 Å². The van der Waals surface area contributed by atoms with Gasteiger partial charge in [-0.1, -0.05) is 19.3 Å². The molecule has 3 heteroatoms.